The van der Waals surface area contributed by atoms with Crippen LogP contribution in [0.4, 0.5) is 5.69 Å². The number of allylic oxidation sites excluding steroid dienone is 4. The first-order valence-corrected chi connectivity index (χ1v) is 11.2. The first-order valence-electron chi connectivity index (χ1n) is 11.2. The maximum absolute atomic E-state index is 10.8. The molecule has 1 N–H and O–H groups in total. The van der Waals surface area contributed by atoms with Crippen LogP contribution in [-0.4, -0.2) is 23.7 Å². The lowest BCUT2D eigenvalue weighted by atomic mass is 9.78. The molecule has 1 aromatic rings. The molecule has 2 saturated carbocycles. The van der Waals surface area contributed by atoms with Crippen molar-refractivity contribution in [2.45, 2.75) is 57.4 Å². The van der Waals surface area contributed by atoms with Gasteiger partial charge in [-0.2, -0.15) is 5.26 Å². The van der Waals surface area contributed by atoms with Crippen molar-refractivity contribution < 1.29 is 9.90 Å². The van der Waals surface area contributed by atoms with Gasteiger partial charge in [0, 0.05) is 18.3 Å². The number of aliphatic carboxylic acids is 1. The van der Waals surface area contributed by atoms with E-state index in [-0.39, 0.29) is 5.57 Å². The van der Waals surface area contributed by atoms with Gasteiger partial charge in [0.1, 0.15) is 11.6 Å². The number of fused-ring (bicyclic) bond motifs is 2. The molecule has 1 aliphatic heterocycles. The Bertz CT molecular complexity index is 921. The highest BCUT2D eigenvalue weighted by Gasteiger charge is 2.36. The molecule has 0 amide bonds. The highest BCUT2D eigenvalue weighted by molar-refractivity contribution is 5.91. The molecule has 1 heterocycles. The molecule has 0 radical (unpaired) electrons. The zero-order chi connectivity index (χ0) is 20.9. The summed E-state index contributed by atoms with van der Waals surface area (Å²) in [6, 6.07) is 9.14. The number of aryl methyl sites for hydroxylation is 1. The number of carboxylic acids is 1. The summed E-state index contributed by atoms with van der Waals surface area (Å²) in [4.78, 5) is 13.5. The Morgan fingerprint density at radius 2 is 1.97 bits per heavy atom. The van der Waals surface area contributed by atoms with Crippen LogP contribution in [0.1, 0.15) is 56.1 Å². The van der Waals surface area contributed by atoms with E-state index in [1.165, 1.54) is 68.8 Å². The topological polar surface area (TPSA) is 64.3 Å². The number of hydrogen-bond donors (Lipinski definition) is 1. The van der Waals surface area contributed by atoms with Gasteiger partial charge in [0.2, 0.25) is 0 Å². The third-order valence-electron chi connectivity index (χ3n) is 7.09. The van der Waals surface area contributed by atoms with E-state index in [9.17, 15) is 4.79 Å². The lowest BCUT2D eigenvalue weighted by Crippen LogP contribution is -2.43. The van der Waals surface area contributed by atoms with Gasteiger partial charge in [-0.25, -0.2) is 4.79 Å². The lowest BCUT2D eigenvalue weighted by molar-refractivity contribution is -0.132. The Kier molecular flexibility index (Phi) is 6.38. The van der Waals surface area contributed by atoms with Crippen LogP contribution < -0.4 is 4.90 Å². The average molecular weight is 403 g/mol. The normalized spacial score (nSPS) is 26.6. The lowest BCUT2D eigenvalue weighted by Gasteiger charge is -2.43. The molecular formula is C26H30N2O2. The van der Waals surface area contributed by atoms with Crippen LogP contribution in [0.5, 0.6) is 0 Å². The second-order valence-corrected chi connectivity index (χ2v) is 8.84. The summed E-state index contributed by atoms with van der Waals surface area (Å²) in [7, 11) is 0. The molecule has 30 heavy (non-hydrogen) atoms. The molecule has 156 valence electrons. The monoisotopic (exact) mass is 402 g/mol. The number of nitrogens with zero attached hydrogens (tertiary/aromatic N) is 2. The van der Waals surface area contributed by atoms with Crippen molar-refractivity contribution in [2.75, 3.05) is 11.4 Å². The van der Waals surface area contributed by atoms with E-state index >= 15 is 0 Å². The van der Waals surface area contributed by atoms with Crippen LogP contribution in [0.2, 0.25) is 0 Å². The Labute approximate surface area is 179 Å². The fraction of sp³-hybridized carbons (Fsp3) is 0.462. The molecule has 4 heteroatoms. The van der Waals surface area contributed by atoms with Crippen molar-refractivity contribution in [2.24, 2.45) is 11.8 Å². The second kappa shape index (κ2) is 9.34. The quantitative estimate of drug-likeness (QED) is 0.401. The van der Waals surface area contributed by atoms with Crippen LogP contribution >= 0.6 is 0 Å². The summed E-state index contributed by atoms with van der Waals surface area (Å²) >= 11 is 0. The number of carbonyl (C=O) groups is 1. The van der Waals surface area contributed by atoms with Gasteiger partial charge in [-0.1, -0.05) is 49.6 Å². The van der Waals surface area contributed by atoms with E-state index in [0.717, 1.165) is 23.8 Å². The standard InChI is InChI=1S/C26H30N2O2/c27-18-23(26(29)30)7-3-1-2-6-19-11-14-25-22(16-19)10-5-15-28(25)24-13-12-20-8-4-9-21(20)17-24/h1-3,6-7,11,14,16,20-21,24H,4-5,8-10,12-13,15,17H2,(H,29,30)/b3-1+,6-2+,23-7+. The van der Waals surface area contributed by atoms with Gasteiger partial charge in [-0.05, 0) is 73.3 Å². The minimum atomic E-state index is -1.20. The van der Waals surface area contributed by atoms with E-state index in [4.69, 9.17) is 10.4 Å². The first-order chi connectivity index (χ1) is 14.7. The predicted octanol–water partition coefficient (Wildman–Crippen LogP) is 5.51. The van der Waals surface area contributed by atoms with Crippen LogP contribution in [-0.2, 0) is 11.2 Å². The summed E-state index contributed by atoms with van der Waals surface area (Å²) < 4.78 is 0. The molecule has 0 bridgehead atoms. The number of benzene rings is 1. The summed E-state index contributed by atoms with van der Waals surface area (Å²) in [5.74, 6) is 0.757. The zero-order valence-electron chi connectivity index (χ0n) is 17.5. The van der Waals surface area contributed by atoms with Crippen molar-refractivity contribution in [3.63, 3.8) is 0 Å². The minimum absolute atomic E-state index is 0.264. The van der Waals surface area contributed by atoms with E-state index in [2.05, 4.69) is 23.1 Å². The third kappa shape index (κ3) is 4.51. The van der Waals surface area contributed by atoms with Crippen molar-refractivity contribution in [3.05, 3.63) is 59.2 Å². The van der Waals surface area contributed by atoms with Gasteiger partial charge in [-0.3, -0.25) is 0 Å². The number of anilines is 1. The number of carboxylic acid groups (broad SMARTS) is 1. The number of hydrogen-bond acceptors (Lipinski definition) is 3. The van der Waals surface area contributed by atoms with Gasteiger partial charge in [0.15, 0.2) is 0 Å². The Morgan fingerprint density at radius 1 is 1.10 bits per heavy atom. The summed E-state index contributed by atoms with van der Waals surface area (Å²) in [6.45, 7) is 1.18. The molecular weight excluding hydrogens is 372 g/mol. The van der Waals surface area contributed by atoms with E-state index in [0.29, 0.717) is 6.04 Å². The largest absolute Gasteiger partial charge is 0.477 e. The van der Waals surface area contributed by atoms with Crippen molar-refractivity contribution in [3.8, 4) is 6.07 Å². The molecule has 2 aliphatic carbocycles. The van der Waals surface area contributed by atoms with Gasteiger partial charge in [0.05, 0.1) is 0 Å². The fourth-order valence-corrected chi connectivity index (χ4v) is 5.63. The highest BCUT2D eigenvalue weighted by Crippen LogP contribution is 2.45. The van der Waals surface area contributed by atoms with Gasteiger partial charge in [0.25, 0.3) is 0 Å². The van der Waals surface area contributed by atoms with Crippen molar-refractivity contribution in [1.82, 2.24) is 0 Å². The summed E-state index contributed by atoms with van der Waals surface area (Å²) in [5.41, 5.74) is 3.76. The number of rotatable bonds is 5. The Morgan fingerprint density at radius 3 is 2.80 bits per heavy atom. The molecule has 4 rings (SSSR count). The third-order valence-corrected chi connectivity index (χ3v) is 7.09. The van der Waals surface area contributed by atoms with Gasteiger partial charge in [-0.15, -0.1) is 0 Å². The maximum atomic E-state index is 10.8. The first kappa shape index (κ1) is 20.5. The van der Waals surface area contributed by atoms with E-state index in [1.54, 1.807) is 18.2 Å². The fourth-order valence-electron chi connectivity index (χ4n) is 5.63. The van der Waals surface area contributed by atoms with Crippen LogP contribution in [0.3, 0.4) is 0 Å². The van der Waals surface area contributed by atoms with E-state index < -0.39 is 5.97 Å². The molecule has 0 aromatic heterocycles. The molecule has 1 aromatic carbocycles. The number of nitriles is 1. The molecule has 2 fully saturated rings. The van der Waals surface area contributed by atoms with Crippen LogP contribution in [0, 0.1) is 23.2 Å². The average Bonchev–Trinajstić information content (AvgIpc) is 3.23. The Hall–Kier alpha value is -2.80. The SMILES string of the molecule is N#C\C(=C/C=C/C=C/c1ccc2c(c1)CCCN2C1CCC2CCCC2C1)C(=O)O. The van der Waals surface area contributed by atoms with Crippen LogP contribution in [0.25, 0.3) is 6.08 Å². The van der Waals surface area contributed by atoms with Crippen molar-refractivity contribution >= 4 is 17.7 Å². The van der Waals surface area contributed by atoms with Crippen LogP contribution in [0.15, 0.2) is 48.1 Å². The predicted molar refractivity (Wildman–Crippen MR) is 120 cm³/mol. The minimum Gasteiger partial charge on any atom is -0.477 e. The van der Waals surface area contributed by atoms with Gasteiger partial charge < -0.3 is 10.0 Å². The molecule has 3 aliphatic rings. The smallest absolute Gasteiger partial charge is 0.346 e. The Balaban J connectivity index is 1.43. The molecule has 0 saturated heterocycles. The van der Waals surface area contributed by atoms with E-state index in [1.807, 2.05) is 12.2 Å². The second-order valence-electron chi connectivity index (χ2n) is 8.84. The highest BCUT2D eigenvalue weighted by atomic mass is 16.4. The molecule has 3 atom stereocenters. The summed E-state index contributed by atoms with van der Waals surface area (Å²) in [6.07, 6.45) is 19.4. The molecule has 4 nitrogen and oxygen atoms in total. The maximum Gasteiger partial charge on any atom is 0.346 e. The zero-order valence-corrected chi connectivity index (χ0v) is 17.5. The van der Waals surface area contributed by atoms with Crippen molar-refractivity contribution in [1.29, 1.82) is 5.26 Å². The molecule has 3 unspecified atom stereocenters. The van der Waals surface area contributed by atoms with Gasteiger partial charge >= 0.3 is 5.97 Å². The summed E-state index contributed by atoms with van der Waals surface area (Å²) in [5, 5.41) is 17.6. The molecule has 0 spiro atoms.